The first-order chi connectivity index (χ1) is 16.1. The van der Waals surface area contributed by atoms with Gasteiger partial charge in [-0.2, -0.15) is 0 Å². The van der Waals surface area contributed by atoms with E-state index >= 15 is 0 Å². The number of aliphatic hydroxyl groups is 1. The largest absolute Gasteiger partial charge is 0.479 e. The third-order valence-corrected chi connectivity index (χ3v) is 7.47. The number of aliphatic hydroxyl groups excluding tert-OH is 1. The number of carboxylic acids is 1. The van der Waals surface area contributed by atoms with Crippen LogP contribution >= 0.6 is 11.6 Å². The van der Waals surface area contributed by atoms with E-state index < -0.39 is 35.3 Å². The summed E-state index contributed by atoms with van der Waals surface area (Å²) >= 11 is 6.29. The Balaban J connectivity index is 1.45. The second-order valence-electron chi connectivity index (χ2n) is 9.34. The fourth-order valence-corrected chi connectivity index (χ4v) is 5.32. The molecule has 0 saturated heterocycles. The third kappa shape index (κ3) is 4.40. The van der Waals surface area contributed by atoms with Crippen LogP contribution < -0.4 is 11.1 Å². The molecule has 5 N–H and O–H groups in total. The average molecular weight is 487 g/mol. The normalized spacial score (nSPS) is 30.1. The Hall–Kier alpha value is -2.97. The molecule has 3 aliphatic carbocycles. The number of benzene rings is 1. The van der Waals surface area contributed by atoms with Crippen LogP contribution in [0, 0.1) is 23.7 Å². The maximum atomic E-state index is 13.1. The minimum absolute atomic E-state index is 0.0132. The maximum absolute atomic E-state index is 13.1. The Labute approximate surface area is 201 Å². The number of amides is 2. The highest BCUT2D eigenvalue weighted by Crippen LogP contribution is 2.50. The monoisotopic (exact) mass is 486 g/mol. The molecule has 5 unspecified atom stereocenters. The van der Waals surface area contributed by atoms with Crippen molar-refractivity contribution in [2.24, 2.45) is 29.4 Å². The maximum Gasteiger partial charge on any atom is 0.330 e. The highest BCUT2D eigenvalue weighted by molar-refractivity contribution is 6.34. The number of carbonyl (C=O) groups is 4. The third-order valence-electron chi connectivity index (χ3n) is 7.15. The molecule has 0 aliphatic heterocycles. The summed E-state index contributed by atoms with van der Waals surface area (Å²) in [6, 6.07) is 4.32. The first-order valence-electron chi connectivity index (χ1n) is 11.3. The molecule has 2 saturated carbocycles. The number of hydrogen-bond acceptors (Lipinski definition) is 5. The Morgan fingerprint density at radius 1 is 1.29 bits per heavy atom. The SMILES string of the molecule is CCC(C1=CC(O)CC=C1)C1C[C@@H]1C(=O)c1ccc(C(=O)NC2(C(=O)O)CC2C(N)=O)c(Cl)c1. The average Bonchev–Trinajstić information content (AvgIpc) is 3.69. The smallest absolute Gasteiger partial charge is 0.330 e. The van der Waals surface area contributed by atoms with Crippen molar-refractivity contribution < 1.29 is 29.4 Å². The lowest BCUT2D eigenvalue weighted by Gasteiger charge is -2.20. The molecule has 0 aromatic heterocycles. The molecule has 2 amide bonds. The second-order valence-corrected chi connectivity index (χ2v) is 9.75. The summed E-state index contributed by atoms with van der Waals surface area (Å²) in [4.78, 5) is 48.8. The van der Waals surface area contributed by atoms with Gasteiger partial charge in [-0.05, 0) is 55.2 Å². The Bertz CT molecular complexity index is 1130. The first-order valence-corrected chi connectivity index (χ1v) is 11.7. The van der Waals surface area contributed by atoms with Crippen LogP contribution in [0.15, 0.2) is 42.0 Å². The van der Waals surface area contributed by atoms with Gasteiger partial charge in [0, 0.05) is 11.5 Å². The van der Waals surface area contributed by atoms with Crippen molar-refractivity contribution in [1.29, 1.82) is 0 Å². The van der Waals surface area contributed by atoms with Crippen LogP contribution in [0.2, 0.25) is 5.02 Å². The Kier molecular flexibility index (Phi) is 6.40. The standard InChI is InChI=1S/C25H27ClN2O6/c1-2-15(12-4-3-5-14(29)8-12)17-10-18(17)21(30)13-6-7-16(20(26)9-13)23(32)28-25(24(33)34)11-19(25)22(27)31/h3-4,6-9,14-15,17-19,29H,2,5,10-11H2,1H3,(H2,27,31)(H,28,32)(H,33,34)/t14?,15?,17?,18-,19?,25?/m0/s1. The molecule has 1 aromatic carbocycles. The van der Waals surface area contributed by atoms with Crippen LogP contribution in [0.5, 0.6) is 0 Å². The highest BCUT2D eigenvalue weighted by Gasteiger charge is 2.65. The highest BCUT2D eigenvalue weighted by atomic mass is 35.5. The molecule has 180 valence electrons. The molecule has 3 aliphatic rings. The fraction of sp³-hybridized carbons (Fsp3) is 0.440. The van der Waals surface area contributed by atoms with Crippen molar-refractivity contribution in [1.82, 2.24) is 5.32 Å². The molecule has 1 aromatic rings. The van der Waals surface area contributed by atoms with Crippen molar-refractivity contribution in [3.63, 3.8) is 0 Å². The molecule has 9 heteroatoms. The van der Waals surface area contributed by atoms with Gasteiger partial charge in [0.2, 0.25) is 5.91 Å². The van der Waals surface area contributed by atoms with Gasteiger partial charge in [-0.3, -0.25) is 14.4 Å². The van der Waals surface area contributed by atoms with Gasteiger partial charge in [0.05, 0.1) is 22.6 Å². The van der Waals surface area contributed by atoms with Crippen LogP contribution in [-0.2, 0) is 9.59 Å². The minimum Gasteiger partial charge on any atom is -0.479 e. The molecule has 4 rings (SSSR count). The van der Waals surface area contributed by atoms with Gasteiger partial charge in [-0.1, -0.05) is 42.8 Å². The topological polar surface area (TPSA) is 147 Å². The van der Waals surface area contributed by atoms with Crippen LogP contribution in [-0.4, -0.2) is 45.4 Å². The van der Waals surface area contributed by atoms with Crippen molar-refractivity contribution in [3.05, 3.63) is 58.1 Å². The fourth-order valence-electron chi connectivity index (χ4n) is 5.05. The Morgan fingerprint density at radius 3 is 2.59 bits per heavy atom. The second kappa shape index (κ2) is 9.00. The number of Topliss-reactive ketones (excluding diaryl/α,β-unsaturated/α-hetero) is 1. The van der Waals surface area contributed by atoms with Crippen LogP contribution in [0.25, 0.3) is 0 Å². The molecule has 34 heavy (non-hydrogen) atoms. The van der Waals surface area contributed by atoms with Crippen molar-refractivity contribution in [2.45, 2.75) is 44.2 Å². The van der Waals surface area contributed by atoms with Gasteiger partial charge in [0.1, 0.15) is 0 Å². The zero-order valence-electron chi connectivity index (χ0n) is 18.7. The van der Waals surface area contributed by atoms with E-state index in [1.165, 1.54) is 18.2 Å². The number of carboxylic acid groups (broad SMARTS) is 1. The lowest BCUT2D eigenvalue weighted by atomic mass is 9.86. The number of rotatable bonds is 9. The van der Waals surface area contributed by atoms with E-state index in [2.05, 4.69) is 12.2 Å². The zero-order valence-corrected chi connectivity index (χ0v) is 19.4. The molecule has 0 spiro atoms. The van der Waals surface area contributed by atoms with Crippen molar-refractivity contribution in [3.8, 4) is 0 Å². The van der Waals surface area contributed by atoms with Crippen LogP contribution in [0.1, 0.15) is 53.3 Å². The van der Waals surface area contributed by atoms with E-state index in [1.54, 1.807) is 0 Å². The summed E-state index contributed by atoms with van der Waals surface area (Å²) in [5, 5.41) is 21.8. The van der Waals surface area contributed by atoms with E-state index in [0.29, 0.717) is 12.0 Å². The number of allylic oxidation sites excluding steroid dienone is 2. The number of nitrogens with two attached hydrogens (primary N) is 1. The summed E-state index contributed by atoms with van der Waals surface area (Å²) in [6.45, 7) is 2.07. The Morgan fingerprint density at radius 2 is 2.03 bits per heavy atom. The minimum atomic E-state index is -1.73. The van der Waals surface area contributed by atoms with Gasteiger partial charge < -0.3 is 21.3 Å². The molecule has 2 fully saturated rings. The predicted octanol–water partition coefficient (Wildman–Crippen LogP) is 2.49. The summed E-state index contributed by atoms with van der Waals surface area (Å²) < 4.78 is 0. The zero-order chi connectivity index (χ0) is 24.8. The summed E-state index contributed by atoms with van der Waals surface area (Å²) in [6.07, 6.45) is 7.47. The number of nitrogens with one attached hydrogen (secondary N) is 1. The lowest BCUT2D eigenvalue weighted by molar-refractivity contribution is -0.142. The van der Waals surface area contributed by atoms with Gasteiger partial charge in [-0.15, -0.1) is 0 Å². The van der Waals surface area contributed by atoms with Gasteiger partial charge >= 0.3 is 5.97 Å². The molecule has 0 heterocycles. The van der Waals surface area contributed by atoms with Crippen LogP contribution in [0.4, 0.5) is 0 Å². The molecular formula is C25H27ClN2O6. The number of primary amides is 1. The lowest BCUT2D eigenvalue weighted by Crippen LogP contribution is -2.46. The molecule has 8 nitrogen and oxygen atoms in total. The van der Waals surface area contributed by atoms with Gasteiger partial charge in [0.15, 0.2) is 11.3 Å². The molecule has 0 bridgehead atoms. The molecular weight excluding hydrogens is 460 g/mol. The molecule has 6 atom stereocenters. The summed E-state index contributed by atoms with van der Waals surface area (Å²) in [5.41, 5.74) is 4.93. The van der Waals surface area contributed by atoms with Gasteiger partial charge in [0.25, 0.3) is 5.91 Å². The van der Waals surface area contributed by atoms with E-state index in [-0.39, 0.29) is 40.5 Å². The number of carbonyl (C=O) groups excluding carboxylic acids is 3. The number of halogens is 1. The van der Waals surface area contributed by atoms with E-state index in [0.717, 1.165) is 18.4 Å². The van der Waals surface area contributed by atoms with Crippen LogP contribution in [0.3, 0.4) is 0 Å². The summed E-state index contributed by atoms with van der Waals surface area (Å²) in [5.74, 6) is -3.73. The van der Waals surface area contributed by atoms with Crippen molar-refractivity contribution >= 4 is 35.2 Å². The predicted molar refractivity (Wildman–Crippen MR) is 124 cm³/mol. The number of aliphatic carboxylic acids is 1. The van der Waals surface area contributed by atoms with Gasteiger partial charge in [-0.25, -0.2) is 4.79 Å². The number of hydrogen-bond donors (Lipinski definition) is 4. The number of ketones is 1. The van der Waals surface area contributed by atoms with E-state index in [4.69, 9.17) is 17.3 Å². The summed E-state index contributed by atoms with van der Waals surface area (Å²) in [7, 11) is 0. The molecule has 0 radical (unpaired) electrons. The van der Waals surface area contributed by atoms with E-state index in [9.17, 15) is 29.4 Å². The van der Waals surface area contributed by atoms with Crippen molar-refractivity contribution in [2.75, 3.05) is 0 Å². The first kappa shape index (κ1) is 24.2. The quantitative estimate of drug-likeness (QED) is 0.394. The van der Waals surface area contributed by atoms with E-state index in [1.807, 2.05) is 18.2 Å².